The van der Waals surface area contributed by atoms with Crippen LogP contribution in [0.1, 0.15) is 22.8 Å². The maximum absolute atomic E-state index is 12.3. The van der Waals surface area contributed by atoms with Crippen molar-refractivity contribution in [1.82, 2.24) is 15.3 Å². The SMILES string of the molecule is CC(=O)Nc1cccc(Nc2ncc(C(=O)NCc3ccccc3Cl)cn2)c1. The second-order valence-corrected chi connectivity index (χ2v) is 6.36. The number of carbonyl (C=O) groups excluding carboxylic acids is 2. The maximum atomic E-state index is 12.3. The molecular weight excluding hydrogens is 378 g/mol. The van der Waals surface area contributed by atoms with Gasteiger partial charge in [0, 0.05) is 42.3 Å². The van der Waals surface area contributed by atoms with Crippen LogP contribution in [0.3, 0.4) is 0 Å². The number of benzene rings is 2. The molecule has 0 unspecified atom stereocenters. The average molecular weight is 396 g/mol. The number of hydrogen-bond donors (Lipinski definition) is 3. The number of nitrogens with one attached hydrogen (secondary N) is 3. The van der Waals surface area contributed by atoms with E-state index in [9.17, 15) is 9.59 Å². The molecule has 1 heterocycles. The quantitative estimate of drug-likeness (QED) is 0.590. The summed E-state index contributed by atoms with van der Waals surface area (Å²) in [5, 5.41) is 9.11. The van der Waals surface area contributed by atoms with E-state index in [2.05, 4.69) is 25.9 Å². The number of nitrogens with zero attached hydrogens (tertiary/aromatic N) is 2. The second kappa shape index (κ2) is 8.96. The van der Waals surface area contributed by atoms with Crippen LogP contribution in [0, 0.1) is 0 Å². The zero-order chi connectivity index (χ0) is 19.9. The highest BCUT2D eigenvalue weighted by Crippen LogP contribution is 2.18. The van der Waals surface area contributed by atoms with Crippen molar-refractivity contribution in [2.75, 3.05) is 10.6 Å². The number of aromatic nitrogens is 2. The molecule has 0 atom stereocenters. The molecule has 3 N–H and O–H groups in total. The Kier molecular flexibility index (Phi) is 6.18. The van der Waals surface area contributed by atoms with E-state index in [4.69, 9.17) is 11.6 Å². The van der Waals surface area contributed by atoms with E-state index in [1.807, 2.05) is 24.3 Å². The minimum Gasteiger partial charge on any atom is -0.348 e. The Bertz CT molecular complexity index is 992. The van der Waals surface area contributed by atoms with Crippen molar-refractivity contribution < 1.29 is 9.59 Å². The van der Waals surface area contributed by atoms with Crippen molar-refractivity contribution in [3.63, 3.8) is 0 Å². The van der Waals surface area contributed by atoms with Crippen LogP contribution in [0.15, 0.2) is 60.9 Å². The van der Waals surface area contributed by atoms with Gasteiger partial charge in [-0.25, -0.2) is 9.97 Å². The summed E-state index contributed by atoms with van der Waals surface area (Å²) in [5.41, 5.74) is 2.54. The van der Waals surface area contributed by atoms with Crippen molar-refractivity contribution in [3.05, 3.63) is 77.1 Å². The van der Waals surface area contributed by atoms with E-state index >= 15 is 0 Å². The third kappa shape index (κ3) is 5.28. The van der Waals surface area contributed by atoms with Gasteiger partial charge >= 0.3 is 0 Å². The summed E-state index contributed by atoms with van der Waals surface area (Å²) in [6.45, 7) is 1.76. The predicted octanol–water partition coefficient (Wildman–Crippen LogP) is 3.76. The zero-order valence-corrected chi connectivity index (χ0v) is 15.8. The van der Waals surface area contributed by atoms with Crippen molar-refractivity contribution >= 4 is 40.7 Å². The second-order valence-electron chi connectivity index (χ2n) is 5.96. The summed E-state index contributed by atoms with van der Waals surface area (Å²) < 4.78 is 0. The van der Waals surface area contributed by atoms with E-state index in [0.717, 1.165) is 5.56 Å². The Morgan fingerprint density at radius 2 is 1.71 bits per heavy atom. The van der Waals surface area contributed by atoms with Crippen LogP contribution in [-0.4, -0.2) is 21.8 Å². The zero-order valence-electron chi connectivity index (χ0n) is 15.1. The predicted molar refractivity (Wildman–Crippen MR) is 109 cm³/mol. The van der Waals surface area contributed by atoms with E-state index in [1.54, 1.807) is 24.3 Å². The lowest BCUT2D eigenvalue weighted by Crippen LogP contribution is -2.23. The molecule has 0 radical (unpaired) electrons. The molecular formula is C20H18ClN5O2. The van der Waals surface area contributed by atoms with Crippen LogP contribution in [0.4, 0.5) is 17.3 Å². The number of carbonyl (C=O) groups is 2. The van der Waals surface area contributed by atoms with Gasteiger partial charge < -0.3 is 16.0 Å². The van der Waals surface area contributed by atoms with Crippen molar-refractivity contribution in [1.29, 1.82) is 0 Å². The van der Waals surface area contributed by atoms with Gasteiger partial charge in [0.2, 0.25) is 11.9 Å². The smallest absolute Gasteiger partial charge is 0.254 e. The minimum atomic E-state index is -0.292. The largest absolute Gasteiger partial charge is 0.348 e. The lowest BCUT2D eigenvalue weighted by atomic mass is 10.2. The van der Waals surface area contributed by atoms with Gasteiger partial charge in [-0.05, 0) is 29.8 Å². The molecule has 0 aliphatic heterocycles. The van der Waals surface area contributed by atoms with Gasteiger partial charge in [-0.15, -0.1) is 0 Å². The van der Waals surface area contributed by atoms with Gasteiger partial charge in [-0.3, -0.25) is 9.59 Å². The number of amides is 2. The first-order valence-corrected chi connectivity index (χ1v) is 8.87. The van der Waals surface area contributed by atoms with Gasteiger partial charge in [0.05, 0.1) is 5.56 Å². The molecule has 2 aromatic carbocycles. The summed E-state index contributed by atoms with van der Waals surface area (Å²) in [7, 11) is 0. The van der Waals surface area contributed by atoms with E-state index in [0.29, 0.717) is 34.5 Å². The topological polar surface area (TPSA) is 96.0 Å². The summed E-state index contributed by atoms with van der Waals surface area (Å²) in [6.07, 6.45) is 2.88. The van der Waals surface area contributed by atoms with Gasteiger partial charge in [-0.2, -0.15) is 0 Å². The molecule has 0 aliphatic carbocycles. The van der Waals surface area contributed by atoms with Gasteiger partial charge in [0.15, 0.2) is 0 Å². The number of hydrogen-bond acceptors (Lipinski definition) is 5. The molecule has 7 nitrogen and oxygen atoms in total. The summed E-state index contributed by atoms with van der Waals surface area (Å²) in [5.74, 6) is -0.109. The first-order valence-electron chi connectivity index (χ1n) is 8.49. The summed E-state index contributed by atoms with van der Waals surface area (Å²) in [4.78, 5) is 31.7. The first-order chi connectivity index (χ1) is 13.5. The Balaban J connectivity index is 1.61. The molecule has 28 heavy (non-hydrogen) atoms. The van der Waals surface area contributed by atoms with E-state index < -0.39 is 0 Å². The molecule has 0 aliphatic rings. The third-order valence-corrected chi connectivity index (χ3v) is 4.12. The number of halogens is 1. The molecule has 2 amide bonds. The Labute approximate surface area is 167 Å². The summed E-state index contributed by atoms with van der Waals surface area (Å²) in [6, 6.07) is 14.5. The van der Waals surface area contributed by atoms with Crippen molar-refractivity contribution in [2.24, 2.45) is 0 Å². The monoisotopic (exact) mass is 395 g/mol. The lowest BCUT2D eigenvalue weighted by Gasteiger charge is -2.09. The standard InChI is InChI=1S/C20H18ClN5O2/c1-13(27)25-16-6-4-7-17(9-16)26-20-23-11-15(12-24-20)19(28)22-10-14-5-2-3-8-18(14)21/h2-9,11-12H,10H2,1H3,(H,22,28)(H,25,27)(H,23,24,26). The molecule has 0 saturated heterocycles. The fraction of sp³-hybridized carbons (Fsp3) is 0.100. The van der Waals surface area contributed by atoms with Gasteiger partial charge in [0.1, 0.15) is 0 Å². The molecule has 3 aromatic rings. The van der Waals surface area contributed by atoms with Gasteiger partial charge in [0.25, 0.3) is 5.91 Å². The molecule has 0 fully saturated rings. The lowest BCUT2D eigenvalue weighted by molar-refractivity contribution is -0.114. The maximum Gasteiger partial charge on any atom is 0.254 e. The number of anilines is 3. The fourth-order valence-electron chi connectivity index (χ4n) is 2.44. The highest BCUT2D eigenvalue weighted by molar-refractivity contribution is 6.31. The molecule has 0 spiro atoms. The van der Waals surface area contributed by atoms with Crippen LogP contribution in [0.25, 0.3) is 0 Å². The molecule has 8 heteroatoms. The Morgan fingerprint density at radius 1 is 1.00 bits per heavy atom. The van der Waals surface area contributed by atoms with Crippen LogP contribution in [0.2, 0.25) is 5.02 Å². The summed E-state index contributed by atoms with van der Waals surface area (Å²) >= 11 is 6.08. The third-order valence-electron chi connectivity index (χ3n) is 3.75. The van der Waals surface area contributed by atoms with Crippen LogP contribution in [0.5, 0.6) is 0 Å². The highest BCUT2D eigenvalue weighted by Gasteiger charge is 2.08. The van der Waals surface area contributed by atoms with Crippen molar-refractivity contribution in [2.45, 2.75) is 13.5 Å². The average Bonchev–Trinajstić information content (AvgIpc) is 2.67. The molecule has 1 aromatic heterocycles. The van der Waals surface area contributed by atoms with Crippen LogP contribution >= 0.6 is 11.6 Å². The molecule has 142 valence electrons. The van der Waals surface area contributed by atoms with Crippen LogP contribution in [-0.2, 0) is 11.3 Å². The van der Waals surface area contributed by atoms with E-state index in [-0.39, 0.29) is 11.8 Å². The van der Waals surface area contributed by atoms with Crippen molar-refractivity contribution in [3.8, 4) is 0 Å². The Morgan fingerprint density at radius 3 is 2.43 bits per heavy atom. The number of rotatable bonds is 6. The van der Waals surface area contributed by atoms with Gasteiger partial charge in [-0.1, -0.05) is 35.9 Å². The fourth-order valence-corrected chi connectivity index (χ4v) is 2.64. The van der Waals surface area contributed by atoms with Crippen LogP contribution < -0.4 is 16.0 Å². The normalized spacial score (nSPS) is 10.2. The molecule has 0 bridgehead atoms. The van der Waals surface area contributed by atoms with E-state index in [1.165, 1.54) is 19.3 Å². The molecule has 3 rings (SSSR count). The molecule has 0 saturated carbocycles. The highest BCUT2D eigenvalue weighted by atomic mass is 35.5. The Hall–Kier alpha value is -3.45. The first kappa shape index (κ1) is 19.3. The minimum absolute atomic E-state index is 0.152.